The standard InChI is InChI=1S/C67H55BN4O/c1-2-3-39-69-40-19-20-45-41-63-66-65(42-45)73-64-44-49(71-60-33-16-12-27-54(60)55-28-13-17-34-61(55)71)36-38-57(64)68(66)56-37-35-48(70-58-31-14-10-25-52(58)53-26-11-15-32-59(53)70)43-62(56)72(63)67-50(46-21-6-4-7-22-46)29-18-30-51(67)47-23-8-5-9-24-47/h4-18,21-38,41-44,52,58,69H,2-3,19-20,39-40H2,1H3. The fourth-order valence-corrected chi connectivity index (χ4v) is 12.6. The number of benzene rings is 9. The SMILES string of the molecule is CCCCNCCCc1cc2c3c(c1)N(c1c(-c4ccccc4)cccc1-c1ccccc1)c1cc(N4c5ccccc5C5C=CC=CC54)ccc1B3c1ccc(-n3c4ccccc4c4ccccc43)cc1O2. The monoisotopic (exact) mass is 942 g/mol. The molecule has 0 amide bonds. The van der Waals surface area contributed by atoms with Gasteiger partial charge in [-0.15, -0.1) is 0 Å². The quantitative estimate of drug-likeness (QED) is 0.0977. The average molecular weight is 943 g/mol. The Labute approximate surface area is 428 Å². The minimum atomic E-state index is -0.0915. The Morgan fingerprint density at radius 3 is 1.95 bits per heavy atom. The molecule has 4 heterocycles. The Kier molecular flexibility index (Phi) is 10.8. The van der Waals surface area contributed by atoms with Gasteiger partial charge in [-0.1, -0.05) is 183 Å². The molecule has 1 aliphatic carbocycles. The molecule has 2 atom stereocenters. The van der Waals surface area contributed by atoms with Gasteiger partial charge >= 0.3 is 0 Å². The van der Waals surface area contributed by atoms with Crippen molar-refractivity contribution in [3.63, 3.8) is 0 Å². The predicted molar refractivity (Wildman–Crippen MR) is 307 cm³/mol. The number of rotatable bonds is 12. The van der Waals surface area contributed by atoms with Crippen LogP contribution < -0.4 is 36.2 Å². The Bertz CT molecular complexity index is 3710. The second-order valence-electron chi connectivity index (χ2n) is 20.1. The minimum Gasteiger partial charge on any atom is -0.458 e. The molecule has 9 aromatic carbocycles. The molecular formula is C67H55BN4O. The average Bonchev–Trinajstić information content (AvgIpc) is 3.97. The number of nitrogens with one attached hydrogen (secondary N) is 1. The van der Waals surface area contributed by atoms with Gasteiger partial charge in [0.25, 0.3) is 6.71 Å². The van der Waals surface area contributed by atoms with Crippen LogP contribution in [0.25, 0.3) is 49.7 Å². The van der Waals surface area contributed by atoms with Crippen molar-refractivity contribution in [3.8, 4) is 39.4 Å². The van der Waals surface area contributed by atoms with Crippen molar-refractivity contribution in [2.45, 2.75) is 44.6 Å². The summed E-state index contributed by atoms with van der Waals surface area (Å²) in [6.45, 7) is 4.18. The highest BCUT2D eigenvalue weighted by molar-refractivity contribution is 6.99. The summed E-state index contributed by atoms with van der Waals surface area (Å²) in [6, 6.07) is 74.6. The first-order chi connectivity index (χ1) is 36.2. The number of aromatic nitrogens is 1. The normalized spacial score (nSPS) is 15.8. The van der Waals surface area contributed by atoms with E-state index in [1.165, 1.54) is 107 Å². The van der Waals surface area contributed by atoms with Crippen molar-refractivity contribution in [3.05, 3.63) is 236 Å². The van der Waals surface area contributed by atoms with E-state index in [0.717, 1.165) is 48.8 Å². The third kappa shape index (κ3) is 7.18. The van der Waals surface area contributed by atoms with Crippen LogP contribution in [0.1, 0.15) is 43.2 Å². The predicted octanol–water partition coefficient (Wildman–Crippen LogP) is 14.6. The first kappa shape index (κ1) is 43.5. The van der Waals surface area contributed by atoms with E-state index in [9.17, 15) is 0 Å². The number of hydrogen-bond donors (Lipinski definition) is 1. The lowest BCUT2D eigenvalue weighted by Crippen LogP contribution is -2.59. The largest absolute Gasteiger partial charge is 0.458 e. The van der Waals surface area contributed by atoms with Crippen LogP contribution in [0.15, 0.2) is 224 Å². The zero-order valence-corrected chi connectivity index (χ0v) is 41.1. The highest BCUT2D eigenvalue weighted by Gasteiger charge is 2.45. The van der Waals surface area contributed by atoms with Gasteiger partial charge in [0.2, 0.25) is 0 Å². The molecule has 352 valence electrons. The summed E-state index contributed by atoms with van der Waals surface area (Å²) >= 11 is 0. The molecule has 0 radical (unpaired) electrons. The van der Waals surface area contributed by atoms with E-state index in [1.807, 2.05) is 0 Å². The highest BCUT2D eigenvalue weighted by Crippen LogP contribution is 2.52. The number of unbranched alkanes of at least 4 members (excludes halogenated alkanes) is 1. The lowest BCUT2D eigenvalue weighted by molar-refractivity contribution is 0.486. The van der Waals surface area contributed by atoms with Crippen LogP contribution in [-0.4, -0.2) is 30.4 Å². The molecule has 73 heavy (non-hydrogen) atoms. The van der Waals surface area contributed by atoms with E-state index in [-0.39, 0.29) is 18.7 Å². The van der Waals surface area contributed by atoms with Gasteiger partial charge in [0.1, 0.15) is 11.5 Å². The van der Waals surface area contributed by atoms with Gasteiger partial charge in [-0.3, -0.25) is 0 Å². The van der Waals surface area contributed by atoms with Crippen molar-refractivity contribution in [1.29, 1.82) is 0 Å². The molecule has 0 bridgehead atoms. The molecule has 2 unspecified atom stereocenters. The Balaban J connectivity index is 1.03. The number of allylic oxidation sites excluding steroid dienone is 2. The number of aryl methyl sites for hydroxylation is 1. The number of nitrogens with zero attached hydrogens (tertiary/aromatic N) is 3. The molecule has 0 saturated heterocycles. The van der Waals surface area contributed by atoms with E-state index in [2.05, 4.69) is 251 Å². The van der Waals surface area contributed by atoms with Gasteiger partial charge in [-0.05, 0) is 120 Å². The van der Waals surface area contributed by atoms with E-state index < -0.39 is 0 Å². The van der Waals surface area contributed by atoms with Gasteiger partial charge in [0.05, 0.1) is 22.8 Å². The summed E-state index contributed by atoms with van der Waals surface area (Å²) in [6.07, 6.45) is 13.5. The zero-order chi connectivity index (χ0) is 48.4. The maximum absolute atomic E-state index is 7.44. The number of anilines is 5. The van der Waals surface area contributed by atoms with Crippen LogP contribution in [0.2, 0.25) is 0 Å². The third-order valence-electron chi connectivity index (χ3n) is 15.8. The van der Waals surface area contributed by atoms with Gasteiger partial charge in [0, 0.05) is 62.3 Å². The molecule has 1 aromatic heterocycles. The topological polar surface area (TPSA) is 32.7 Å². The van der Waals surface area contributed by atoms with E-state index in [1.54, 1.807) is 0 Å². The number of hydrogen-bond acceptors (Lipinski definition) is 4. The molecule has 6 heteroatoms. The summed E-state index contributed by atoms with van der Waals surface area (Å²) in [4.78, 5) is 5.21. The van der Waals surface area contributed by atoms with Crippen LogP contribution in [0.5, 0.6) is 11.5 Å². The third-order valence-corrected chi connectivity index (χ3v) is 15.8. The molecule has 10 aromatic rings. The van der Waals surface area contributed by atoms with Crippen molar-refractivity contribution >= 4 is 73.3 Å². The molecule has 0 fully saturated rings. The van der Waals surface area contributed by atoms with E-state index in [4.69, 9.17) is 4.74 Å². The lowest BCUT2D eigenvalue weighted by Gasteiger charge is -2.42. The summed E-state index contributed by atoms with van der Waals surface area (Å²) in [7, 11) is 0. The van der Waals surface area contributed by atoms with Crippen molar-refractivity contribution in [2.75, 3.05) is 22.9 Å². The number of ether oxygens (including phenoxy) is 1. The molecular weight excluding hydrogens is 888 g/mol. The fraction of sp³-hybridized carbons (Fsp3) is 0.134. The molecule has 0 spiro atoms. The van der Waals surface area contributed by atoms with Crippen LogP contribution in [0, 0.1) is 0 Å². The maximum Gasteiger partial charge on any atom is 0.256 e. The second kappa shape index (κ2) is 18.1. The molecule has 3 aliphatic heterocycles. The van der Waals surface area contributed by atoms with Gasteiger partial charge in [-0.25, -0.2) is 0 Å². The smallest absolute Gasteiger partial charge is 0.256 e. The Hall–Kier alpha value is -8.32. The van der Waals surface area contributed by atoms with Crippen LogP contribution >= 0.6 is 0 Å². The van der Waals surface area contributed by atoms with Crippen molar-refractivity contribution < 1.29 is 4.74 Å². The summed E-state index contributed by atoms with van der Waals surface area (Å²) < 4.78 is 9.85. The Morgan fingerprint density at radius 1 is 0.534 bits per heavy atom. The van der Waals surface area contributed by atoms with Crippen molar-refractivity contribution in [1.82, 2.24) is 9.88 Å². The molecule has 0 saturated carbocycles. The first-order valence-electron chi connectivity index (χ1n) is 26.3. The maximum atomic E-state index is 7.44. The van der Waals surface area contributed by atoms with E-state index in [0.29, 0.717) is 0 Å². The summed E-state index contributed by atoms with van der Waals surface area (Å²) in [5.74, 6) is 2.09. The second-order valence-corrected chi connectivity index (χ2v) is 20.1. The fourth-order valence-electron chi connectivity index (χ4n) is 12.6. The molecule has 4 aliphatic rings. The van der Waals surface area contributed by atoms with Crippen LogP contribution in [0.3, 0.4) is 0 Å². The van der Waals surface area contributed by atoms with Gasteiger partial charge < -0.3 is 24.4 Å². The molecule has 14 rings (SSSR count). The summed E-state index contributed by atoms with van der Waals surface area (Å²) in [5, 5.41) is 6.22. The lowest BCUT2D eigenvalue weighted by atomic mass is 9.34. The van der Waals surface area contributed by atoms with Crippen LogP contribution in [0.4, 0.5) is 28.4 Å². The summed E-state index contributed by atoms with van der Waals surface area (Å²) in [5.41, 5.74) is 20.4. The van der Waals surface area contributed by atoms with Gasteiger partial charge in [-0.2, -0.15) is 0 Å². The Morgan fingerprint density at radius 2 is 1.19 bits per heavy atom. The molecule has 5 nitrogen and oxygen atoms in total. The number of fused-ring (bicyclic) bond motifs is 10. The van der Waals surface area contributed by atoms with Crippen molar-refractivity contribution in [2.24, 2.45) is 0 Å². The van der Waals surface area contributed by atoms with E-state index >= 15 is 0 Å². The minimum absolute atomic E-state index is 0.0915. The first-order valence-corrected chi connectivity index (χ1v) is 26.3. The van der Waals surface area contributed by atoms with Crippen LogP contribution in [-0.2, 0) is 6.42 Å². The highest BCUT2D eigenvalue weighted by atomic mass is 16.5. The van der Waals surface area contributed by atoms with Gasteiger partial charge in [0.15, 0.2) is 0 Å². The zero-order valence-electron chi connectivity index (χ0n) is 41.1. The molecule has 1 N–H and O–H groups in total. The number of para-hydroxylation sites is 4.